The van der Waals surface area contributed by atoms with Gasteiger partial charge >= 0.3 is 11.7 Å². The van der Waals surface area contributed by atoms with Crippen molar-refractivity contribution < 1.29 is 14.8 Å². The molecule has 2 aromatic heterocycles. The van der Waals surface area contributed by atoms with Crippen LogP contribution in [0.5, 0.6) is 0 Å². The zero-order valence-corrected chi connectivity index (χ0v) is 11.1. The SMILES string of the molecule is Nc1cc(N)nc(Sc2ncc(C(=O)O)cc2[N+](=O)[O-])n1. The lowest BCUT2D eigenvalue weighted by atomic mass is 10.3. The lowest BCUT2D eigenvalue weighted by Crippen LogP contribution is -2.03. The predicted molar refractivity (Wildman–Crippen MR) is 72.8 cm³/mol. The summed E-state index contributed by atoms with van der Waals surface area (Å²) in [7, 11) is 0. The molecule has 0 aromatic carbocycles. The number of carbonyl (C=O) groups is 1. The van der Waals surface area contributed by atoms with Crippen molar-refractivity contribution in [2.75, 3.05) is 11.5 Å². The van der Waals surface area contributed by atoms with Crippen LogP contribution in [0.4, 0.5) is 17.3 Å². The van der Waals surface area contributed by atoms with E-state index in [1.165, 1.54) is 6.07 Å². The van der Waals surface area contributed by atoms with E-state index in [-0.39, 0.29) is 27.4 Å². The molecule has 10 nitrogen and oxygen atoms in total. The number of nitrogens with two attached hydrogens (primary N) is 2. The Bertz CT molecular complexity index is 717. The third-order valence-electron chi connectivity index (χ3n) is 2.21. The van der Waals surface area contributed by atoms with Gasteiger partial charge in [-0.3, -0.25) is 10.1 Å². The number of rotatable bonds is 4. The van der Waals surface area contributed by atoms with Crippen molar-refractivity contribution in [3.05, 3.63) is 34.0 Å². The van der Waals surface area contributed by atoms with Gasteiger partial charge in [0.15, 0.2) is 10.2 Å². The minimum Gasteiger partial charge on any atom is -0.478 e. The van der Waals surface area contributed by atoms with Crippen molar-refractivity contribution in [2.24, 2.45) is 0 Å². The lowest BCUT2D eigenvalue weighted by Gasteiger charge is -2.03. The Morgan fingerprint density at radius 3 is 2.43 bits per heavy atom. The maximum atomic E-state index is 11.0. The fraction of sp³-hybridized carbons (Fsp3) is 0. The number of pyridine rings is 1. The Hall–Kier alpha value is -2.95. The monoisotopic (exact) mass is 308 g/mol. The zero-order valence-electron chi connectivity index (χ0n) is 10.3. The van der Waals surface area contributed by atoms with Crippen molar-refractivity contribution >= 4 is 35.1 Å². The van der Waals surface area contributed by atoms with E-state index < -0.39 is 16.6 Å². The summed E-state index contributed by atoms with van der Waals surface area (Å²) in [6, 6.07) is 2.24. The summed E-state index contributed by atoms with van der Waals surface area (Å²) in [5, 5.41) is 19.8. The highest BCUT2D eigenvalue weighted by Crippen LogP contribution is 2.32. The highest BCUT2D eigenvalue weighted by Gasteiger charge is 2.21. The summed E-state index contributed by atoms with van der Waals surface area (Å²) in [5.74, 6) is -1.10. The quantitative estimate of drug-likeness (QED) is 0.416. The van der Waals surface area contributed by atoms with Gasteiger partial charge in [-0.15, -0.1) is 0 Å². The largest absolute Gasteiger partial charge is 0.478 e. The highest BCUT2D eigenvalue weighted by atomic mass is 32.2. The standard InChI is InChI=1S/C10H8N6O4S/c11-6-2-7(12)15-10(14-6)21-8-5(16(19)20)1-4(3-13-8)9(17)18/h1-3H,(H,17,18)(H4,11,12,14,15). The lowest BCUT2D eigenvalue weighted by molar-refractivity contribution is -0.388. The highest BCUT2D eigenvalue weighted by molar-refractivity contribution is 7.99. The van der Waals surface area contributed by atoms with E-state index in [0.29, 0.717) is 0 Å². The molecule has 5 N–H and O–H groups in total. The van der Waals surface area contributed by atoms with Crippen LogP contribution in [0.25, 0.3) is 0 Å². The van der Waals surface area contributed by atoms with Gasteiger partial charge in [0.05, 0.1) is 10.5 Å². The van der Waals surface area contributed by atoms with E-state index in [9.17, 15) is 14.9 Å². The molecular weight excluding hydrogens is 300 g/mol. The molecule has 0 unspecified atom stereocenters. The number of nitrogens with zero attached hydrogens (tertiary/aromatic N) is 4. The summed E-state index contributed by atoms with van der Waals surface area (Å²) in [5.41, 5.74) is 10.2. The first kappa shape index (κ1) is 14.5. The van der Waals surface area contributed by atoms with Gasteiger partial charge in [-0.25, -0.2) is 19.7 Å². The third kappa shape index (κ3) is 3.33. The minimum absolute atomic E-state index is 0.0602. The number of aromatic carboxylic acids is 1. The van der Waals surface area contributed by atoms with Crippen LogP contribution in [-0.4, -0.2) is 31.0 Å². The zero-order chi connectivity index (χ0) is 15.6. The first-order valence-corrected chi connectivity index (χ1v) is 6.14. The average Bonchev–Trinajstić information content (AvgIpc) is 2.37. The summed E-state index contributed by atoms with van der Waals surface area (Å²) in [6.45, 7) is 0. The molecular formula is C10H8N6O4S. The Morgan fingerprint density at radius 1 is 1.29 bits per heavy atom. The second-order valence-corrected chi connectivity index (χ2v) is 4.67. The van der Waals surface area contributed by atoms with Crippen molar-refractivity contribution in [3.63, 3.8) is 0 Å². The fourth-order valence-corrected chi connectivity index (χ4v) is 2.18. The predicted octanol–water partition coefficient (Wildman–Crippen LogP) is 0.794. The van der Waals surface area contributed by atoms with Gasteiger partial charge in [-0.05, 0) is 11.8 Å². The maximum absolute atomic E-state index is 11.0. The molecule has 0 aliphatic carbocycles. The Balaban J connectivity index is 2.43. The van der Waals surface area contributed by atoms with Crippen LogP contribution < -0.4 is 11.5 Å². The van der Waals surface area contributed by atoms with Crippen molar-refractivity contribution in [3.8, 4) is 0 Å². The molecule has 0 saturated carbocycles. The molecule has 108 valence electrons. The average molecular weight is 308 g/mol. The van der Waals surface area contributed by atoms with Crippen molar-refractivity contribution in [2.45, 2.75) is 10.2 Å². The number of anilines is 2. The van der Waals surface area contributed by atoms with Gasteiger partial charge < -0.3 is 16.6 Å². The normalized spacial score (nSPS) is 10.3. The molecule has 0 aliphatic heterocycles. The number of hydrogen-bond acceptors (Lipinski definition) is 9. The van der Waals surface area contributed by atoms with E-state index in [4.69, 9.17) is 16.6 Å². The molecule has 11 heteroatoms. The van der Waals surface area contributed by atoms with Crippen LogP contribution >= 0.6 is 11.8 Å². The second kappa shape index (κ2) is 5.58. The Labute approximate surface area is 121 Å². The maximum Gasteiger partial charge on any atom is 0.337 e. The van der Waals surface area contributed by atoms with Gasteiger partial charge in [0.2, 0.25) is 0 Å². The molecule has 0 fully saturated rings. The van der Waals surface area contributed by atoms with Gasteiger partial charge in [0.1, 0.15) is 11.6 Å². The molecule has 0 radical (unpaired) electrons. The summed E-state index contributed by atoms with van der Waals surface area (Å²) in [6.07, 6.45) is 1.01. The number of hydrogen-bond donors (Lipinski definition) is 3. The van der Waals surface area contributed by atoms with Gasteiger partial charge in [-0.2, -0.15) is 0 Å². The topological polar surface area (TPSA) is 171 Å². The molecule has 0 amide bonds. The molecule has 0 spiro atoms. The molecule has 0 bridgehead atoms. The van der Waals surface area contributed by atoms with Crippen molar-refractivity contribution in [1.82, 2.24) is 15.0 Å². The Kier molecular flexibility index (Phi) is 3.84. The number of aromatic nitrogens is 3. The Morgan fingerprint density at radius 2 is 1.90 bits per heavy atom. The van der Waals surface area contributed by atoms with E-state index in [1.807, 2.05) is 0 Å². The number of nitrogen functional groups attached to an aromatic ring is 2. The minimum atomic E-state index is -1.31. The van der Waals surface area contributed by atoms with Crippen LogP contribution in [0.3, 0.4) is 0 Å². The van der Waals surface area contributed by atoms with Crippen molar-refractivity contribution in [1.29, 1.82) is 0 Å². The smallest absolute Gasteiger partial charge is 0.337 e. The molecule has 0 saturated heterocycles. The summed E-state index contributed by atoms with van der Waals surface area (Å²) >= 11 is 0.763. The number of carboxylic acid groups (broad SMARTS) is 1. The third-order valence-corrected chi connectivity index (χ3v) is 3.08. The second-order valence-electron chi connectivity index (χ2n) is 3.71. The molecule has 0 atom stereocenters. The van der Waals surface area contributed by atoms with Crippen LogP contribution in [0.15, 0.2) is 28.5 Å². The fourth-order valence-electron chi connectivity index (χ4n) is 1.36. The molecule has 0 aliphatic rings. The molecule has 21 heavy (non-hydrogen) atoms. The molecule has 2 rings (SSSR count). The van der Waals surface area contributed by atoms with E-state index in [2.05, 4.69) is 15.0 Å². The summed E-state index contributed by atoms with van der Waals surface area (Å²) < 4.78 is 0. The van der Waals surface area contributed by atoms with Crippen LogP contribution in [-0.2, 0) is 0 Å². The van der Waals surface area contributed by atoms with Gasteiger partial charge in [-0.1, -0.05) is 0 Å². The van der Waals surface area contributed by atoms with Gasteiger partial charge in [0.25, 0.3) is 0 Å². The number of carboxylic acids is 1. The van der Waals surface area contributed by atoms with Gasteiger partial charge in [0, 0.05) is 18.3 Å². The van der Waals surface area contributed by atoms with E-state index in [0.717, 1.165) is 24.0 Å². The first-order valence-electron chi connectivity index (χ1n) is 5.32. The van der Waals surface area contributed by atoms with Crippen LogP contribution in [0.2, 0.25) is 0 Å². The van der Waals surface area contributed by atoms with Crippen LogP contribution in [0.1, 0.15) is 10.4 Å². The summed E-state index contributed by atoms with van der Waals surface area (Å²) in [4.78, 5) is 32.5. The van der Waals surface area contributed by atoms with E-state index >= 15 is 0 Å². The van der Waals surface area contributed by atoms with E-state index in [1.54, 1.807) is 0 Å². The molecule has 2 heterocycles. The molecule has 2 aromatic rings. The first-order chi connectivity index (χ1) is 9.86. The van der Waals surface area contributed by atoms with Crippen LogP contribution in [0, 0.1) is 10.1 Å². The number of nitro groups is 1.